The molecule has 0 spiro atoms. The van der Waals surface area contributed by atoms with E-state index in [0.29, 0.717) is 5.90 Å². The lowest BCUT2D eigenvalue weighted by Gasteiger charge is -2.37. The van der Waals surface area contributed by atoms with E-state index in [4.69, 9.17) is 23.7 Å². The number of carbonyl (C=O) groups is 3. The molecule has 2 aliphatic rings. The lowest BCUT2D eigenvalue weighted by Crippen LogP contribution is -2.53. The highest BCUT2D eigenvalue weighted by Gasteiger charge is 2.48. The first-order valence-electron chi connectivity index (χ1n) is 7.89. The molecule has 0 radical (unpaired) electrons. The number of fused-ring (bicyclic) bond motifs is 1. The SMILES string of the molecule is CO[C@@H]([C@@H]1OC(C(=O)O)=C[C@H]2OC(C)=N[C@@H]12)[C@@H](COC(C)=O)OC(C)=O. The van der Waals surface area contributed by atoms with Gasteiger partial charge in [0.05, 0.1) is 0 Å². The van der Waals surface area contributed by atoms with Crippen LogP contribution in [0.5, 0.6) is 0 Å². The second-order valence-electron chi connectivity index (χ2n) is 5.79. The Balaban J connectivity index is 2.31. The van der Waals surface area contributed by atoms with Gasteiger partial charge in [-0.15, -0.1) is 0 Å². The van der Waals surface area contributed by atoms with E-state index in [-0.39, 0.29) is 12.4 Å². The van der Waals surface area contributed by atoms with Crippen molar-refractivity contribution >= 4 is 23.8 Å². The van der Waals surface area contributed by atoms with Gasteiger partial charge in [-0.3, -0.25) is 9.59 Å². The minimum Gasteiger partial charge on any atom is -0.478 e. The summed E-state index contributed by atoms with van der Waals surface area (Å²) < 4.78 is 26.6. The minimum atomic E-state index is -1.28. The number of aliphatic imine (C=N–C) groups is 1. The van der Waals surface area contributed by atoms with Crippen molar-refractivity contribution in [1.29, 1.82) is 0 Å². The first-order valence-corrected chi connectivity index (χ1v) is 7.89. The maximum Gasteiger partial charge on any atom is 0.370 e. The molecular formula is C16H21NO9. The number of nitrogens with zero attached hydrogens (tertiary/aromatic N) is 1. The van der Waals surface area contributed by atoms with Gasteiger partial charge in [-0.2, -0.15) is 0 Å². The third-order valence-electron chi connectivity index (χ3n) is 3.83. The third-order valence-corrected chi connectivity index (χ3v) is 3.83. The Bertz CT molecular complexity index is 642. The highest BCUT2D eigenvalue weighted by atomic mass is 16.6. The van der Waals surface area contributed by atoms with Crippen LogP contribution in [0.3, 0.4) is 0 Å². The number of hydrogen-bond donors (Lipinski definition) is 1. The molecule has 0 aliphatic carbocycles. The van der Waals surface area contributed by atoms with Crippen LogP contribution >= 0.6 is 0 Å². The molecule has 144 valence electrons. The van der Waals surface area contributed by atoms with Crippen LogP contribution in [0.25, 0.3) is 0 Å². The summed E-state index contributed by atoms with van der Waals surface area (Å²) in [5.41, 5.74) is 0. The zero-order chi connectivity index (χ0) is 19.4. The Morgan fingerprint density at radius 2 is 1.96 bits per heavy atom. The molecule has 10 nitrogen and oxygen atoms in total. The predicted octanol–water partition coefficient (Wildman–Crippen LogP) is 0.0493. The number of carboxylic acids is 1. The number of rotatable bonds is 7. The molecule has 0 aromatic carbocycles. The molecule has 0 unspecified atom stereocenters. The molecule has 0 saturated carbocycles. The van der Waals surface area contributed by atoms with Crippen LogP contribution in [-0.2, 0) is 38.1 Å². The van der Waals surface area contributed by atoms with E-state index in [1.54, 1.807) is 6.92 Å². The zero-order valence-corrected chi connectivity index (χ0v) is 14.8. The largest absolute Gasteiger partial charge is 0.478 e. The fourth-order valence-corrected chi connectivity index (χ4v) is 2.87. The Morgan fingerprint density at radius 3 is 2.50 bits per heavy atom. The molecule has 0 amide bonds. The summed E-state index contributed by atoms with van der Waals surface area (Å²) >= 11 is 0. The van der Waals surface area contributed by atoms with Crippen LogP contribution in [-0.4, -0.2) is 73.1 Å². The quantitative estimate of drug-likeness (QED) is 0.617. The van der Waals surface area contributed by atoms with E-state index in [1.165, 1.54) is 27.0 Å². The molecule has 2 heterocycles. The highest BCUT2D eigenvalue weighted by molar-refractivity contribution is 5.85. The second-order valence-corrected chi connectivity index (χ2v) is 5.79. The lowest BCUT2D eigenvalue weighted by atomic mass is 9.94. The van der Waals surface area contributed by atoms with Gasteiger partial charge in [0, 0.05) is 34.0 Å². The van der Waals surface area contributed by atoms with Gasteiger partial charge in [0.2, 0.25) is 5.76 Å². The summed E-state index contributed by atoms with van der Waals surface area (Å²) in [5, 5.41) is 9.27. The number of carbonyl (C=O) groups excluding carboxylic acids is 2. The average Bonchev–Trinajstić information content (AvgIpc) is 2.92. The number of hydrogen-bond acceptors (Lipinski definition) is 9. The maximum atomic E-state index is 11.4. The number of aliphatic carboxylic acids is 1. The van der Waals surface area contributed by atoms with Crippen LogP contribution in [0.4, 0.5) is 0 Å². The van der Waals surface area contributed by atoms with E-state index in [9.17, 15) is 19.5 Å². The van der Waals surface area contributed by atoms with Crippen molar-refractivity contribution < 1.29 is 43.2 Å². The smallest absolute Gasteiger partial charge is 0.370 e. The zero-order valence-electron chi connectivity index (χ0n) is 14.8. The molecule has 0 saturated heterocycles. The van der Waals surface area contributed by atoms with Crippen LogP contribution in [0, 0.1) is 0 Å². The van der Waals surface area contributed by atoms with Crippen molar-refractivity contribution in [1.82, 2.24) is 0 Å². The Morgan fingerprint density at radius 1 is 1.27 bits per heavy atom. The summed E-state index contributed by atoms with van der Waals surface area (Å²) in [5.74, 6) is -2.41. The number of esters is 2. The lowest BCUT2D eigenvalue weighted by molar-refractivity contribution is -0.177. The molecule has 10 heteroatoms. The molecule has 0 fully saturated rings. The van der Waals surface area contributed by atoms with Crippen LogP contribution in [0.1, 0.15) is 20.8 Å². The normalized spacial score (nSPS) is 26.2. The van der Waals surface area contributed by atoms with Gasteiger partial charge in [0.1, 0.15) is 24.9 Å². The van der Waals surface area contributed by atoms with Gasteiger partial charge in [0.25, 0.3) is 0 Å². The number of methoxy groups -OCH3 is 1. The van der Waals surface area contributed by atoms with Gasteiger partial charge in [-0.05, 0) is 0 Å². The number of carboxylic acid groups (broad SMARTS) is 1. The van der Waals surface area contributed by atoms with Crippen molar-refractivity contribution in [2.24, 2.45) is 4.99 Å². The Hall–Kier alpha value is -2.62. The van der Waals surface area contributed by atoms with Gasteiger partial charge in [0.15, 0.2) is 18.1 Å². The van der Waals surface area contributed by atoms with Crippen molar-refractivity contribution in [3.63, 3.8) is 0 Å². The number of ether oxygens (including phenoxy) is 5. The highest BCUT2D eigenvalue weighted by Crippen LogP contribution is 2.31. The van der Waals surface area contributed by atoms with E-state index in [0.717, 1.165) is 0 Å². The molecular weight excluding hydrogens is 350 g/mol. The van der Waals surface area contributed by atoms with E-state index in [2.05, 4.69) is 4.99 Å². The monoisotopic (exact) mass is 371 g/mol. The van der Waals surface area contributed by atoms with Gasteiger partial charge >= 0.3 is 17.9 Å². The average molecular weight is 371 g/mol. The van der Waals surface area contributed by atoms with Crippen LogP contribution in [0.15, 0.2) is 16.8 Å². The summed E-state index contributed by atoms with van der Waals surface area (Å²) in [4.78, 5) is 38.2. The maximum absolute atomic E-state index is 11.4. The van der Waals surface area contributed by atoms with Crippen molar-refractivity contribution in [2.75, 3.05) is 13.7 Å². The first kappa shape index (κ1) is 19.7. The van der Waals surface area contributed by atoms with E-state index >= 15 is 0 Å². The topological polar surface area (TPSA) is 130 Å². The van der Waals surface area contributed by atoms with Crippen molar-refractivity contribution in [2.45, 2.75) is 51.2 Å². The van der Waals surface area contributed by atoms with Crippen LogP contribution < -0.4 is 0 Å². The first-order chi connectivity index (χ1) is 12.2. The van der Waals surface area contributed by atoms with Crippen molar-refractivity contribution in [3.8, 4) is 0 Å². The summed E-state index contributed by atoms with van der Waals surface area (Å²) in [6.45, 7) is 3.76. The molecule has 2 aliphatic heterocycles. The fourth-order valence-electron chi connectivity index (χ4n) is 2.87. The molecule has 0 bridgehead atoms. The van der Waals surface area contributed by atoms with E-state index < -0.39 is 48.4 Å². The molecule has 26 heavy (non-hydrogen) atoms. The van der Waals surface area contributed by atoms with Gasteiger partial charge in [-0.1, -0.05) is 0 Å². The Kier molecular flexibility index (Phi) is 6.19. The minimum absolute atomic E-state index is 0.277. The molecule has 1 N–H and O–H groups in total. The Labute approximate surface area is 149 Å². The van der Waals surface area contributed by atoms with E-state index in [1.807, 2.05) is 0 Å². The molecule has 0 aromatic rings. The third kappa shape index (κ3) is 4.51. The predicted molar refractivity (Wildman–Crippen MR) is 85.3 cm³/mol. The summed E-state index contributed by atoms with van der Waals surface area (Å²) in [7, 11) is 1.35. The van der Waals surface area contributed by atoms with Gasteiger partial charge in [-0.25, -0.2) is 9.79 Å². The molecule has 5 atom stereocenters. The molecule has 2 rings (SSSR count). The summed E-state index contributed by atoms with van der Waals surface area (Å²) in [6.07, 6.45) is -2.23. The summed E-state index contributed by atoms with van der Waals surface area (Å²) in [6, 6.07) is -0.599. The second kappa shape index (κ2) is 8.17. The fraction of sp³-hybridized carbons (Fsp3) is 0.625. The standard InChI is InChI=1S/C16H21NO9/c1-7-17-13-10(24-7)5-11(16(20)21)26-15(13)14(22-4)12(25-9(3)19)6-23-8(2)18/h5,10,12-15H,6H2,1-4H3,(H,20,21)/t10-,12-,13-,14-,15-/m1/s1. The van der Waals surface area contributed by atoms with Gasteiger partial charge < -0.3 is 28.8 Å². The van der Waals surface area contributed by atoms with Crippen molar-refractivity contribution in [3.05, 3.63) is 11.8 Å². The molecule has 0 aromatic heterocycles. The van der Waals surface area contributed by atoms with Crippen LogP contribution in [0.2, 0.25) is 0 Å².